The van der Waals surface area contributed by atoms with E-state index in [0.29, 0.717) is 5.69 Å². The van der Waals surface area contributed by atoms with Crippen molar-refractivity contribution in [2.75, 3.05) is 0 Å². The van der Waals surface area contributed by atoms with Crippen molar-refractivity contribution in [2.45, 2.75) is 37.6 Å². The molecule has 142 valence electrons. The number of benzene rings is 1. The standard InChI is InChI=1S/C20H24N4O2S/c1-20(2,3)16-5-7-18(8-6-16)27(25,26)22-14-17-13-19(24(4)23-17)15-9-11-21-12-10-15/h5-13,22H,14H2,1-4H3. The third-order valence-corrected chi connectivity index (χ3v) is 5.80. The van der Waals surface area contributed by atoms with E-state index in [0.717, 1.165) is 16.8 Å². The number of rotatable bonds is 5. The monoisotopic (exact) mass is 384 g/mol. The van der Waals surface area contributed by atoms with Gasteiger partial charge in [-0.1, -0.05) is 32.9 Å². The van der Waals surface area contributed by atoms with Gasteiger partial charge in [-0.2, -0.15) is 5.10 Å². The zero-order valence-electron chi connectivity index (χ0n) is 16.0. The number of pyridine rings is 1. The summed E-state index contributed by atoms with van der Waals surface area (Å²) in [7, 11) is -1.77. The Morgan fingerprint density at radius 2 is 1.67 bits per heavy atom. The predicted molar refractivity (Wildman–Crippen MR) is 106 cm³/mol. The highest BCUT2D eigenvalue weighted by Crippen LogP contribution is 2.23. The molecule has 2 aromatic heterocycles. The lowest BCUT2D eigenvalue weighted by Gasteiger charge is -2.19. The van der Waals surface area contributed by atoms with Crippen molar-refractivity contribution >= 4 is 10.0 Å². The van der Waals surface area contributed by atoms with Crippen molar-refractivity contribution < 1.29 is 8.42 Å². The summed E-state index contributed by atoms with van der Waals surface area (Å²) >= 11 is 0. The molecule has 0 fully saturated rings. The van der Waals surface area contributed by atoms with Crippen LogP contribution < -0.4 is 4.72 Å². The molecule has 0 atom stereocenters. The summed E-state index contributed by atoms with van der Waals surface area (Å²) < 4.78 is 29.5. The third kappa shape index (κ3) is 4.43. The number of nitrogens with zero attached hydrogens (tertiary/aromatic N) is 3. The van der Waals surface area contributed by atoms with Crippen molar-refractivity contribution in [1.82, 2.24) is 19.5 Å². The lowest BCUT2D eigenvalue weighted by atomic mass is 9.87. The van der Waals surface area contributed by atoms with E-state index in [1.807, 2.05) is 37.4 Å². The van der Waals surface area contributed by atoms with Crippen LogP contribution >= 0.6 is 0 Å². The van der Waals surface area contributed by atoms with Gasteiger partial charge in [-0.25, -0.2) is 13.1 Å². The summed E-state index contributed by atoms with van der Waals surface area (Å²) in [6, 6.07) is 12.7. The van der Waals surface area contributed by atoms with Crippen LogP contribution in [0.2, 0.25) is 0 Å². The summed E-state index contributed by atoms with van der Waals surface area (Å²) in [5, 5.41) is 4.40. The van der Waals surface area contributed by atoms with Gasteiger partial charge in [0.15, 0.2) is 0 Å². The first-order valence-electron chi connectivity index (χ1n) is 8.70. The van der Waals surface area contributed by atoms with Crippen LogP contribution in [0.3, 0.4) is 0 Å². The molecular weight excluding hydrogens is 360 g/mol. The maximum absolute atomic E-state index is 12.6. The maximum Gasteiger partial charge on any atom is 0.240 e. The molecule has 0 amide bonds. The minimum absolute atomic E-state index is 0.0208. The van der Waals surface area contributed by atoms with Crippen LogP contribution in [0.4, 0.5) is 0 Å². The van der Waals surface area contributed by atoms with E-state index < -0.39 is 10.0 Å². The first-order chi connectivity index (χ1) is 12.7. The van der Waals surface area contributed by atoms with E-state index in [1.165, 1.54) is 0 Å². The van der Waals surface area contributed by atoms with E-state index in [4.69, 9.17) is 0 Å². The highest BCUT2D eigenvalue weighted by atomic mass is 32.2. The number of hydrogen-bond acceptors (Lipinski definition) is 4. The molecule has 27 heavy (non-hydrogen) atoms. The Labute approximate surface area is 160 Å². The summed E-state index contributed by atoms with van der Waals surface area (Å²) in [6.45, 7) is 6.41. The molecule has 2 heterocycles. The van der Waals surface area contributed by atoms with Crippen LogP contribution in [0.15, 0.2) is 59.8 Å². The zero-order valence-corrected chi connectivity index (χ0v) is 16.8. The molecule has 0 saturated heterocycles. The van der Waals surface area contributed by atoms with Crippen molar-refractivity contribution in [2.24, 2.45) is 7.05 Å². The van der Waals surface area contributed by atoms with Crippen LogP contribution in [-0.2, 0) is 29.0 Å². The first kappa shape index (κ1) is 19.3. The van der Waals surface area contributed by atoms with Crippen LogP contribution in [0.1, 0.15) is 32.0 Å². The molecule has 3 rings (SSSR count). The highest BCUT2D eigenvalue weighted by molar-refractivity contribution is 7.89. The summed E-state index contributed by atoms with van der Waals surface area (Å²) in [6.07, 6.45) is 3.43. The number of aromatic nitrogens is 3. The average molecular weight is 385 g/mol. The van der Waals surface area contributed by atoms with Crippen molar-refractivity contribution in [3.63, 3.8) is 0 Å². The van der Waals surface area contributed by atoms with Gasteiger partial charge in [-0.05, 0) is 41.3 Å². The van der Waals surface area contributed by atoms with E-state index in [-0.39, 0.29) is 16.9 Å². The summed E-state index contributed by atoms with van der Waals surface area (Å²) in [5.41, 5.74) is 3.60. The fourth-order valence-corrected chi connectivity index (χ4v) is 3.79. The van der Waals surface area contributed by atoms with Crippen LogP contribution in [-0.4, -0.2) is 23.2 Å². The van der Waals surface area contributed by atoms with Crippen LogP contribution in [0.5, 0.6) is 0 Å². The molecule has 6 nitrogen and oxygen atoms in total. The predicted octanol–water partition coefficient (Wildman–Crippen LogP) is 3.26. The molecule has 0 aliphatic rings. The quantitative estimate of drug-likeness (QED) is 0.732. The molecule has 0 radical (unpaired) electrons. The van der Waals surface area contributed by atoms with Gasteiger partial charge in [0.05, 0.1) is 22.8 Å². The van der Waals surface area contributed by atoms with Gasteiger partial charge in [0, 0.05) is 25.0 Å². The van der Waals surface area contributed by atoms with Gasteiger partial charge in [-0.15, -0.1) is 0 Å². The second-order valence-corrected chi connectivity index (χ2v) is 9.25. The summed E-state index contributed by atoms with van der Waals surface area (Å²) in [4.78, 5) is 4.26. The van der Waals surface area contributed by atoms with E-state index >= 15 is 0 Å². The molecule has 0 bridgehead atoms. The topological polar surface area (TPSA) is 76.9 Å². The Morgan fingerprint density at radius 1 is 1.04 bits per heavy atom. The Kier molecular flexibility index (Phi) is 5.17. The number of aryl methyl sites for hydroxylation is 1. The Bertz CT molecular complexity index is 1020. The largest absolute Gasteiger partial charge is 0.268 e. The average Bonchev–Trinajstić information content (AvgIpc) is 3.01. The molecule has 0 unspecified atom stereocenters. The van der Waals surface area contributed by atoms with E-state index in [1.54, 1.807) is 29.2 Å². The van der Waals surface area contributed by atoms with Gasteiger partial charge in [0.1, 0.15) is 0 Å². The summed E-state index contributed by atoms with van der Waals surface area (Å²) in [5.74, 6) is 0. The molecule has 1 N–H and O–H groups in total. The lowest BCUT2D eigenvalue weighted by Crippen LogP contribution is -2.23. The molecule has 0 spiro atoms. The molecular formula is C20H24N4O2S. The highest BCUT2D eigenvalue weighted by Gasteiger charge is 2.18. The molecule has 0 aliphatic carbocycles. The lowest BCUT2D eigenvalue weighted by molar-refractivity contribution is 0.577. The normalized spacial score (nSPS) is 12.3. The van der Waals surface area contributed by atoms with Crippen molar-refractivity contribution in [3.8, 4) is 11.3 Å². The smallest absolute Gasteiger partial charge is 0.240 e. The van der Waals surface area contributed by atoms with Gasteiger partial charge in [-0.3, -0.25) is 9.67 Å². The van der Waals surface area contributed by atoms with Gasteiger partial charge < -0.3 is 0 Å². The maximum atomic E-state index is 12.6. The second-order valence-electron chi connectivity index (χ2n) is 7.48. The second kappa shape index (κ2) is 7.25. The fourth-order valence-electron chi connectivity index (χ4n) is 2.79. The molecule has 3 aromatic rings. The molecule has 7 heteroatoms. The molecule has 1 aromatic carbocycles. The van der Waals surface area contributed by atoms with Crippen LogP contribution in [0.25, 0.3) is 11.3 Å². The molecule has 0 aliphatic heterocycles. The van der Waals surface area contributed by atoms with Gasteiger partial charge in [0.25, 0.3) is 0 Å². The fraction of sp³-hybridized carbons (Fsp3) is 0.300. The molecule has 0 saturated carbocycles. The van der Waals surface area contributed by atoms with Crippen molar-refractivity contribution in [3.05, 3.63) is 66.1 Å². The number of hydrogen-bond donors (Lipinski definition) is 1. The minimum atomic E-state index is -3.60. The minimum Gasteiger partial charge on any atom is -0.268 e. The van der Waals surface area contributed by atoms with Gasteiger partial charge >= 0.3 is 0 Å². The SMILES string of the molecule is Cn1nc(CNS(=O)(=O)c2ccc(C(C)(C)C)cc2)cc1-c1ccncc1. The van der Waals surface area contributed by atoms with Gasteiger partial charge in [0.2, 0.25) is 10.0 Å². The Morgan fingerprint density at radius 3 is 2.26 bits per heavy atom. The zero-order chi connectivity index (χ0) is 19.7. The Balaban J connectivity index is 1.74. The number of sulfonamides is 1. The van der Waals surface area contributed by atoms with Crippen molar-refractivity contribution in [1.29, 1.82) is 0 Å². The van der Waals surface area contributed by atoms with E-state index in [9.17, 15) is 8.42 Å². The number of nitrogens with one attached hydrogen (secondary N) is 1. The third-order valence-electron chi connectivity index (χ3n) is 4.38. The first-order valence-corrected chi connectivity index (χ1v) is 10.2. The van der Waals surface area contributed by atoms with Crippen LogP contribution in [0, 0.1) is 0 Å². The van der Waals surface area contributed by atoms with E-state index in [2.05, 4.69) is 35.6 Å². The Hall–Kier alpha value is -2.51.